The van der Waals surface area contributed by atoms with Gasteiger partial charge < -0.3 is 5.32 Å². The molecule has 2 fully saturated rings. The van der Waals surface area contributed by atoms with Crippen LogP contribution in [0.2, 0.25) is 0 Å². The van der Waals surface area contributed by atoms with E-state index in [9.17, 15) is 0 Å². The Morgan fingerprint density at radius 3 is 2.88 bits per heavy atom. The molecule has 2 rings (SSSR count). The van der Waals surface area contributed by atoms with Crippen molar-refractivity contribution in [3.63, 3.8) is 0 Å². The molecule has 17 heavy (non-hydrogen) atoms. The van der Waals surface area contributed by atoms with E-state index in [1.807, 2.05) is 0 Å². The van der Waals surface area contributed by atoms with Crippen LogP contribution in [0.5, 0.6) is 0 Å². The minimum atomic E-state index is 0.716. The van der Waals surface area contributed by atoms with Crippen molar-refractivity contribution in [1.82, 2.24) is 10.2 Å². The SMILES string of the molecule is CCCCCC(C)NC1CCN2CCCCC12. The predicted octanol–water partition coefficient (Wildman–Crippen LogP) is 3.17. The minimum absolute atomic E-state index is 0.716. The van der Waals surface area contributed by atoms with Crippen molar-refractivity contribution >= 4 is 0 Å². The highest BCUT2D eigenvalue weighted by atomic mass is 15.2. The van der Waals surface area contributed by atoms with E-state index in [1.165, 1.54) is 64.5 Å². The topological polar surface area (TPSA) is 15.3 Å². The molecule has 100 valence electrons. The molecule has 2 saturated heterocycles. The maximum atomic E-state index is 3.90. The molecule has 1 N–H and O–H groups in total. The van der Waals surface area contributed by atoms with E-state index >= 15 is 0 Å². The maximum Gasteiger partial charge on any atom is 0.0249 e. The lowest BCUT2D eigenvalue weighted by molar-refractivity contribution is 0.176. The quantitative estimate of drug-likeness (QED) is 0.715. The molecule has 0 aromatic carbocycles. The normalized spacial score (nSPS) is 31.4. The first-order valence-electron chi connectivity index (χ1n) is 7.81. The Labute approximate surface area is 107 Å². The van der Waals surface area contributed by atoms with Gasteiger partial charge in [0.05, 0.1) is 0 Å². The van der Waals surface area contributed by atoms with Crippen molar-refractivity contribution in [3.8, 4) is 0 Å². The Hall–Kier alpha value is -0.0800. The fourth-order valence-corrected chi connectivity index (χ4v) is 3.59. The van der Waals surface area contributed by atoms with Gasteiger partial charge in [-0.1, -0.05) is 32.6 Å². The molecule has 0 amide bonds. The first-order valence-corrected chi connectivity index (χ1v) is 7.81. The number of nitrogens with one attached hydrogen (secondary N) is 1. The van der Waals surface area contributed by atoms with E-state index < -0.39 is 0 Å². The molecule has 2 nitrogen and oxygen atoms in total. The third kappa shape index (κ3) is 3.69. The molecular weight excluding hydrogens is 208 g/mol. The summed E-state index contributed by atoms with van der Waals surface area (Å²) in [4.78, 5) is 2.72. The maximum absolute atomic E-state index is 3.90. The van der Waals surface area contributed by atoms with Gasteiger partial charge in [-0.25, -0.2) is 0 Å². The summed E-state index contributed by atoms with van der Waals surface area (Å²) in [7, 11) is 0. The van der Waals surface area contributed by atoms with E-state index in [1.54, 1.807) is 0 Å². The highest BCUT2D eigenvalue weighted by Gasteiger charge is 2.35. The molecule has 0 saturated carbocycles. The third-order valence-corrected chi connectivity index (χ3v) is 4.60. The molecule has 2 aliphatic rings. The van der Waals surface area contributed by atoms with Crippen molar-refractivity contribution in [1.29, 1.82) is 0 Å². The van der Waals surface area contributed by atoms with Gasteiger partial charge in [-0.05, 0) is 39.2 Å². The van der Waals surface area contributed by atoms with Crippen molar-refractivity contribution < 1.29 is 0 Å². The van der Waals surface area contributed by atoms with Gasteiger partial charge >= 0.3 is 0 Å². The van der Waals surface area contributed by atoms with Gasteiger partial charge in [-0.2, -0.15) is 0 Å². The van der Waals surface area contributed by atoms with Crippen LogP contribution in [0.25, 0.3) is 0 Å². The summed E-state index contributed by atoms with van der Waals surface area (Å²) in [5.41, 5.74) is 0. The van der Waals surface area contributed by atoms with Crippen LogP contribution in [0.15, 0.2) is 0 Å². The van der Waals surface area contributed by atoms with Crippen LogP contribution in [0.3, 0.4) is 0 Å². The zero-order valence-electron chi connectivity index (χ0n) is 11.8. The van der Waals surface area contributed by atoms with Crippen LogP contribution in [0.1, 0.15) is 65.2 Å². The zero-order chi connectivity index (χ0) is 12.1. The number of unbranched alkanes of at least 4 members (excludes halogenated alkanes) is 2. The largest absolute Gasteiger partial charge is 0.310 e. The molecule has 0 bridgehead atoms. The first kappa shape index (κ1) is 13.4. The monoisotopic (exact) mass is 238 g/mol. The summed E-state index contributed by atoms with van der Waals surface area (Å²) in [6.07, 6.45) is 11.2. The Morgan fingerprint density at radius 1 is 1.18 bits per heavy atom. The Kier molecular flexibility index (Phi) is 5.30. The van der Waals surface area contributed by atoms with Gasteiger partial charge in [0, 0.05) is 24.7 Å². The summed E-state index contributed by atoms with van der Waals surface area (Å²) < 4.78 is 0. The molecule has 0 radical (unpaired) electrons. The van der Waals surface area contributed by atoms with E-state index in [0.29, 0.717) is 6.04 Å². The van der Waals surface area contributed by atoms with Gasteiger partial charge in [-0.15, -0.1) is 0 Å². The number of hydrogen-bond donors (Lipinski definition) is 1. The highest BCUT2D eigenvalue weighted by Crippen LogP contribution is 2.27. The molecule has 3 unspecified atom stereocenters. The van der Waals surface area contributed by atoms with E-state index in [-0.39, 0.29) is 0 Å². The number of hydrogen-bond acceptors (Lipinski definition) is 2. The van der Waals surface area contributed by atoms with Crippen LogP contribution >= 0.6 is 0 Å². The lowest BCUT2D eigenvalue weighted by Crippen LogP contribution is -2.47. The lowest BCUT2D eigenvalue weighted by Gasteiger charge is -2.33. The Balaban J connectivity index is 1.71. The second-order valence-corrected chi connectivity index (χ2v) is 6.06. The second-order valence-electron chi connectivity index (χ2n) is 6.06. The molecule has 0 aromatic heterocycles. The van der Waals surface area contributed by atoms with E-state index in [4.69, 9.17) is 0 Å². The Bertz CT molecular complexity index is 217. The van der Waals surface area contributed by atoms with Crippen molar-refractivity contribution in [3.05, 3.63) is 0 Å². The van der Waals surface area contributed by atoms with Gasteiger partial charge in [0.15, 0.2) is 0 Å². The standard InChI is InChI=1S/C15H30N2/c1-3-4-5-8-13(2)16-14-10-12-17-11-7-6-9-15(14)17/h13-16H,3-12H2,1-2H3. The Morgan fingerprint density at radius 2 is 2.06 bits per heavy atom. The van der Waals surface area contributed by atoms with Crippen LogP contribution in [0.4, 0.5) is 0 Å². The van der Waals surface area contributed by atoms with Gasteiger partial charge in [0.2, 0.25) is 0 Å². The minimum Gasteiger partial charge on any atom is -0.310 e. The average Bonchev–Trinajstić information content (AvgIpc) is 2.73. The number of nitrogens with zero attached hydrogens (tertiary/aromatic N) is 1. The van der Waals surface area contributed by atoms with Crippen molar-refractivity contribution in [2.45, 2.75) is 83.3 Å². The molecule has 2 heterocycles. The highest BCUT2D eigenvalue weighted by molar-refractivity contribution is 4.94. The third-order valence-electron chi connectivity index (χ3n) is 4.60. The molecule has 2 heteroatoms. The van der Waals surface area contributed by atoms with E-state index in [0.717, 1.165) is 12.1 Å². The molecule has 0 aliphatic carbocycles. The van der Waals surface area contributed by atoms with Gasteiger partial charge in [0.25, 0.3) is 0 Å². The second kappa shape index (κ2) is 6.75. The summed E-state index contributed by atoms with van der Waals surface area (Å²) in [5, 5.41) is 3.90. The number of rotatable bonds is 6. The molecule has 3 atom stereocenters. The fraction of sp³-hybridized carbons (Fsp3) is 1.00. The van der Waals surface area contributed by atoms with Crippen LogP contribution < -0.4 is 5.32 Å². The van der Waals surface area contributed by atoms with Crippen molar-refractivity contribution in [2.24, 2.45) is 0 Å². The average molecular weight is 238 g/mol. The summed E-state index contributed by atoms with van der Waals surface area (Å²) >= 11 is 0. The van der Waals surface area contributed by atoms with Crippen LogP contribution in [-0.4, -0.2) is 36.1 Å². The molecule has 2 aliphatic heterocycles. The number of fused-ring (bicyclic) bond motifs is 1. The summed E-state index contributed by atoms with van der Waals surface area (Å²) in [5.74, 6) is 0. The lowest BCUT2D eigenvalue weighted by atomic mass is 9.98. The predicted molar refractivity (Wildman–Crippen MR) is 74.4 cm³/mol. The van der Waals surface area contributed by atoms with Gasteiger partial charge in [-0.3, -0.25) is 4.90 Å². The summed E-state index contributed by atoms with van der Waals surface area (Å²) in [6.45, 7) is 7.35. The summed E-state index contributed by atoms with van der Waals surface area (Å²) in [6, 6.07) is 2.36. The molecule has 0 spiro atoms. The van der Waals surface area contributed by atoms with E-state index in [2.05, 4.69) is 24.1 Å². The number of piperidine rings is 1. The van der Waals surface area contributed by atoms with Crippen LogP contribution in [-0.2, 0) is 0 Å². The van der Waals surface area contributed by atoms with Crippen molar-refractivity contribution in [2.75, 3.05) is 13.1 Å². The van der Waals surface area contributed by atoms with Crippen LogP contribution in [0, 0.1) is 0 Å². The fourth-order valence-electron chi connectivity index (χ4n) is 3.59. The first-order chi connectivity index (χ1) is 8.31. The molecule has 0 aromatic rings. The zero-order valence-corrected chi connectivity index (χ0v) is 11.8. The molecular formula is C15H30N2. The van der Waals surface area contributed by atoms with Gasteiger partial charge in [0.1, 0.15) is 0 Å². The smallest absolute Gasteiger partial charge is 0.0249 e.